The van der Waals surface area contributed by atoms with Gasteiger partial charge in [-0.3, -0.25) is 4.79 Å². The van der Waals surface area contributed by atoms with Crippen LogP contribution in [-0.2, 0) is 11.2 Å². The topological polar surface area (TPSA) is 53.8 Å². The van der Waals surface area contributed by atoms with Gasteiger partial charge >= 0.3 is 0 Å². The summed E-state index contributed by atoms with van der Waals surface area (Å²) in [6.45, 7) is 4.09. The van der Waals surface area contributed by atoms with Crippen LogP contribution in [0, 0.1) is 13.8 Å². The lowest BCUT2D eigenvalue weighted by Gasteiger charge is -2.07. The Hall–Kier alpha value is -2.40. The van der Waals surface area contributed by atoms with Crippen LogP contribution in [0.1, 0.15) is 22.3 Å². The SMILES string of the molecule is Cc1ccccc1/C=N\N=C1/NC(=O)[C@H](Cc2ccccc2C)S1. The second-order valence-electron chi connectivity index (χ2n) is 5.73. The molecule has 0 aliphatic carbocycles. The van der Waals surface area contributed by atoms with E-state index in [1.54, 1.807) is 6.21 Å². The fourth-order valence-corrected chi connectivity index (χ4v) is 3.45. The summed E-state index contributed by atoms with van der Waals surface area (Å²) < 4.78 is 0. The number of benzene rings is 2. The molecular formula is C19H19N3OS. The Bertz CT molecular complexity index is 814. The molecule has 0 bridgehead atoms. The third-order valence-electron chi connectivity index (χ3n) is 3.98. The van der Waals surface area contributed by atoms with E-state index in [1.807, 2.05) is 43.3 Å². The van der Waals surface area contributed by atoms with Gasteiger partial charge in [0.25, 0.3) is 0 Å². The van der Waals surface area contributed by atoms with E-state index in [9.17, 15) is 4.79 Å². The maximum Gasteiger partial charge on any atom is 0.239 e. The largest absolute Gasteiger partial charge is 0.303 e. The van der Waals surface area contributed by atoms with E-state index in [4.69, 9.17) is 0 Å². The molecule has 0 saturated carbocycles. The summed E-state index contributed by atoms with van der Waals surface area (Å²) in [6.07, 6.45) is 2.41. The zero-order chi connectivity index (χ0) is 16.9. The van der Waals surface area contributed by atoms with E-state index >= 15 is 0 Å². The number of hydrogen-bond donors (Lipinski definition) is 1. The summed E-state index contributed by atoms with van der Waals surface area (Å²) >= 11 is 1.44. The minimum absolute atomic E-state index is 0.00639. The molecule has 0 unspecified atom stereocenters. The number of rotatable bonds is 4. The first-order valence-electron chi connectivity index (χ1n) is 7.82. The summed E-state index contributed by atoms with van der Waals surface area (Å²) in [5.74, 6) is -0.00639. The van der Waals surface area contributed by atoms with E-state index < -0.39 is 0 Å². The molecule has 0 spiro atoms. The van der Waals surface area contributed by atoms with Crippen LogP contribution in [0.2, 0.25) is 0 Å². The van der Waals surface area contributed by atoms with E-state index in [-0.39, 0.29) is 11.2 Å². The van der Waals surface area contributed by atoms with Crippen molar-refractivity contribution in [2.45, 2.75) is 25.5 Å². The van der Waals surface area contributed by atoms with Gasteiger partial charge in [-0.2, -0.15) is 5.10 Å². The average molecular weight is 337 g/mol. The quantitative estimate of drug-likeness (QED) is 0.686. The first kappa shape index (κ1) is 16.5. The van der Waals surface area contributed by atoms with Gasteiger partial charge in [-0.05, 0) is 42.5 Å². The van der Waals surface area contributed by atoms with Crippen molar-refractivity contribution in [3.05, 3.63) is 70.8 Å². The molecule has 1 saturated heterocycles. The minimum Gasteiger partial charge on any atom is -0.303 e. The Morgan fingerprint density at radius 1 is 1.08 bits per heavy atom. The third kappa shape index (κ3) is 3.92. The number of thioether (sulfide) groups is 1. The predicted octanol–water partition coefficient (Wildman–Crippen LogP) is 3.47. The molecule has 1 N–H and O–H groups in total. The summed E-state index contributed by atoms with van der Waals surface area (Å²) in [6, 6.07) is 16.1. The van der Waals surface area contributed by atoms with Gasteiger partial charge in [0, 0.05) is 0 Å². The standard InChI is InChI=1S/C19H19N3OS/c1-13-7-3-5-9-15(13)11-17-18(23)21-19(24-17)22-20-12-16-10-6-4-8-14(16)2/h3-10,12,17H,11H2,1-2H3,(H,21,22,23)/b20-12-/t17-/m0/s1. The van der Waals surface area contributed by atoms with E-state index in [2.05, 4.69) is 34.6 Å². The van der Waals surface area contributed by atoms with Crippen LogP contribution in [0.3, 0.4) is 0 Å². The van der Waals surface area contributed by atoms with Crippen molar-refractivity contribution >= 4 is 29.1 Å². The normalized spacial score (nSPS) is 19.2. The van der Waals surface area contributed by atoms with E-state index in [0.717, 1.165) is 11.1 Å². The van der Waals surface area contributed by atoms with E-state index in [1.165, 1.54) is 22.9 Å². The lowest BCUT2D eigenvalue weighted by Crippen LogP contribution is -2.26. The smallest absolute Gasteiger partial charge is 0.239 e. The molecule has 0 aromatic heterocycles. The van der Waals surface area contributed by atoms with Gasteiger partial charge < -0.3 is 5.32 Å². The first-order chi connectivity index (χ1) is 11.6. The average Bonchev–Trinajstić information content (AvgIpc) is 2.91. The van der Waals surface area contributed by atoms with Crippen LogP contribution in [0.4, 0.5) is 0 Å². The lowest BCUT2D eigenvalue weighted by molar-refractivity contribution is -0.118. The van der Waals surface area contributed by atoms with Crippen molar-refractivity contribution < 1.29 is 4.79 Å². The van der Waals surface area contributed by atoms with Crippen LogP contribution in [-0.4, -0.2) is 22.5 Å². The van der Waals surface area contributed by atoms with Gasteiger partial charge in [-0.25, -0.2) is 0 Å². The predicted molar refractivity (Wildman–Crippen MR) is 101 cm³/mol. The molecule has 4 nitrogen and oxygen atoms in total. The Balaban J connectivity index is 1.66. The molecule has 0 radical (unpaired) electrons. The Labute approximate surface area is 146 Å². The van der Waals surface area contributed by atoms with Crippen LogP contribution in [0.5, 0.6) is 0 Å². The van der Waals surface area contributed by atoms with Crippen molar-refractivity contribution in [2.75, 3.05) is 0 Å². The zero-order valence-electron chi connectivity index (χ0n) is 13.7. The number of aryl methyl sites for hydroxylation is 2. The summed E-state index contributed by atoms with van der Waals surface area (Å²) in [7, 11) is 0. The molecule has 1 atom stereocenters. The molecule has 2 aromatic carbocycles. The van der Waals surface area contributed by atoms with Crippen LogP contribution in [0.25, 0.3) is 0 Å². The number of carbonyl (C=O) groups excluding carboxylic acids is 1. The van der Waals surface area contributed by atoms with Crippen molar-refractivity contribution in [1.29, 1.82) is 0 Å². The van der Waals surface area contributed by atoms with E-state index in [0.29, 0.717) is 11.6 Å². The van der Waals surface area contributed by atoms with Crippen LogP contribution >= 0.6 is 11.8 Å². The molecule has 1 heterocycles. The van der Waals surface area contributed by atoms with Gasteiger partial charge in [0.2, 0.25) is 5.91 Å². The minimum atomic E-state index is -0.154. The van der Waals surface area contributed by atoms with Crippen LogP contribution < -0.4 is 5.32 Å². The highest BCUT2D eigenvalue weighted by Gasteiger charge is 2.30. The maximum absolute atomic E-state index is 12.1. The molecule has 1 amide bonds. The van der Waals surface area contributed by atoms with Gasteiger partial charge in [0.05, 0.1) is 11.5 Å². The molecule has 122 valence electrons. The number of nitrogens with zero attached hydrogens (tertiary/aromatic N) is 2. The number of carbonyl (C=O) groups is 1. The number of amides is 1. The summed E-state index contributed by atoms with van der Waals surface area (Å²) in [4.78, 5) is 12.1. The van der Waals surface area contributed by atoms with Crippen molar-refractivity contribution in [1.82, 2.24) is 5.32 Å². The van der Waals surface area contributed by atoms with Gasteiger partial charge in [0.15, 0.2) is 5.17 Å². The van der Waals surface area contributed by atoms with Crippen molar-refractivity contribution in [3.8, 4) is 0 Å². The van der Waals surface area contributed by atoms with Crippen molar-refractivity contribution in [3.63, 3.8) is 0 Å². The molecular weight excluding hydrogens is 318 g/mol. The fraction of sp³-hybridized carbons (Fsp3) is 0.211. The number of amidine groups is 1. The highest BCUT2D eigenvalue weighted by molar-refractivity contribution is 8.15. The zero-order valence-corrected chi connectivity index (χ0v) is 14.5. The monoisotopic (exact) mass is 337 g/mol. The fourth-order valence-electron chi connectivity index (χ4n) is 2.50. The number of nitrogens with one attached hydrogen (secondary N) is 1. The highest BCUT2D eigenvalue weighted by atomic mass is 32.2. The molecule has 3 rings (SSSR count). The molecule has 1 fully saturated rings. The Morgan fingerprint density at radius 2 is 1.79 bits per heavy atom. The van der Waals surface area contributed by atoms with Crippen molar-refractivity contribution in [2.24, 2.45) is 10.2 Å². The Morgan fingerprint density at radius 3 is 2.54 bits per heavy atom. The number of hydrogen-bond acceptors (Lipinski definition) is 4. The molecule has 1 aliphatic rings. The summed E-state index contributed by atoms with van der Waals surface area (Å²) in [5, 5.41) is 11.5. The van der Waals surface area contributed by atoms with Crippen LogP contribution in [0.15, 0.2) is 58.7 Å². The van der Waals surface area contributed by atoms with Gasteiger partial charge in [0.1, 0.15) is 0 Å². The van der Waals surface area contributed by atoms with Gasteiger partial charge in [-0.15, -0.1) is 5.10 Å². The van der Waals surface area contributed by atoms with Gasteiger partial charge in [-0.1, -0.05) is 60.3 Å². The maximum atomic E-state index is 12.1. The molecule has 5 heteroatoms. The molecule has 2 aromatic rings. The Kier molecular flexibility index (Phi) is 5.11. The highest BCUT2D eigenvalue weighted by Crippen LogP contribution is 2.24. The second-order valence-corrected chi connectivity index (χ2v) is 6.92. The summed E-state index contributed by atoms with van der Waals surface area (Å²) in [5.41, 5.74) is 4.55. The first-order valence-corrected chi connectivity index (χ1v) is 8.70. The molecule has 1 aliphatic heterocycles. The lowest BCUT2D eigenvalue weighted by atomic mass is 10.0. The molecule has 24 heavy (non-hydrogen) atoms. The third-order valence-corrected chi connectivity index (χ3v) is 5.05. The second kappa shape index (κ2) is 7.45.